The molecule has 26 heavy (non-hydrogen) atoms. The number of carbonyl (C=O) groups excluding carboxylic acids is 1. The molecule has 3 rings (SSSR count). The monoisotopic (exact) mass is 357 g/mol. The average Bonchev–Trinajstić information content (AvgIpc) is 2.68. The number of ether oxygens (including phenoxy) is 4. The molecule has 0 spiro atoms. The summed E-state index contributed by atoms with van der Waals surface area (Å²) in [6.45, 7) is 3.75. The molecule has 0 fully saturated rings. The fraction of sp³-hybridized carbons (Fsp3) is 0.350. The van der Waals surface area contributed by atoms with E-state index in [-0.39, 0.29) is 18.6 Å². The molecule has 0 saturated heterocycles. The van der Waals surface area contributed by atoms with Crippen molar-refractivity contribution < 1.29 is 23.7 Å². The molecule has 1 atom stereocenters. The Labute approximate surface area is 153 Å². The van der Waals surface area contributed by atoms with Gasteiger partial charge in [0.2, 0.25) is 5.91 Å². The summed E-state index contributed by atoms with van der Waals surface area (Å²) < 4.78 is 21.9. The Morgan fingerprint density at radius 2 is 1.85 bits per heavy atom. The van der Waals surface area contributed by atoms with Gasteiger partial charge < -0.3 is 24.3 Å². The highest BCUT2D eigenvalue weighted by Crippen LogP contribution is 2.32. The summed E-state index contributed by atoms with van der Waals surface area (Å²) in [5.41, 5.74) is 0.954. The number of hydrogen-bond donors (Lipinski definition) is 1. The molecule has 2 aromatic carbocycles. The van der Waals surface area contributed by atoms with Crippen LogP contribution in [0.5, 0.6) is 17.2 Å². The maximum atomic E-state index is 12.0. The Hall–Kier alpha value is -2.73. The number of amides is 1. The number of fused-ring (bicyclic) bond motifs is 1. The third kappa shape index (κ3) is 5.13. The second-order valence-electron chi connectivity index (χ2n) is 5.91. The first kappa shape index (κ1) is 18.1. The predicted octanol–water partition coefficient (Wildman–Crippen LogP) is 2.73. The summed E-state index contributed by atoms with van der Waals surface area (Å²) in [6.07, 6.45) is 0. The Morgan fingerprint density at radius 3 is 2.65 bits per heavy atom. The van der Waals surface area contributed by atoms with Crippen molar-refractivity contribution in [3.05, 3.63) is 54.1 Å². The zero-order chi connectivity index (χ0) is 18.2. The number of para-hydroxylation sites is 1. The van der Waals surface area contributed by atoms with Gasteiger partial charge in [-0.05, 0) is 36.8 Å². The van der Waals surface area contributed by atoms with Crippen LogP contribution < -0.4 is 19.5 Å². The van der Waals surface area contributed by atoms with Gasteiger partial charge in [-0.25, -0.2) is 0 Å². The van der Waals surface area contributed by atoms with E-state index in [1.807, 2.05) is 55.5 Å². The van der Waals surface area contributed by atoms with Crippen molar-refractivity contribution >= 4 is 5.91 Å². The first-order valence-electron chi connectivity index (χ1n) is 8.67. The Bertz CT molecular complexity index is 719. The van der Waals surface area contributed by atoms with Crippen LogP contribution in [0.4, 0.5) is 0 Å². The third-order valence-electron chi connectivity index (χ3n) is 3.92. The Kier molecular flexibility index (Phi) is 6.33. The number of benzene rings is 2. The van der Waals surface area contributed by atoms with Gasteiger partial charge in [0.25, 0.3) is 0 Å². The van der Waals surface area contributed by atoms with E-state index in [1.165, 1.54) is 0 Å². The van der Waals surface area contributed by atoms with E-state index in [4.69, 9.17) is 18.9 Å². The molecular formula is C20H23NO5. The zero-order valence-electron chi connectivity index (χ0n) is 14.8. The van der Waals surface area contributed by atoms with Crippen molar-refractivity contribution in [1.29, 1.82) is 0 Å². The topological polar surface area (TPSA) is 66.0 Å². The minimum absolute atomic E-state index is 0.00690. The third-order valence-corrected chi connectivity index (χ3v) is 3.92. The molecule has 1 aliphatic rings. The molecule has 6 nitrogen and oxygen atoms in total. The fourth-order valence-electron chi connectivity index (χ4n) is 2.60. The summed E-state index contributed by atoms with van der Waals surface area (Å²) >= 11 is 0. The van der Waals surface area contributed by atoms with Crippen LogP contribution in [0.2, 0.25) is 0 Å². The van der Waals surface area contributed by atoms with Crippen molar-refractivity contribution in [3.63, 3.8) is 0 Å². The molecular weight excluding hydrogens is 334 g/mol. The van der Waals surface area contributed by atoms with E-state index in [1.54, 1.807) is 0 Å². The van der Waals surface area contributed by atoms with E-state index in [0.29, 0.717) is 32.2 Å². The SMILES string of the molecule is CC(NC(=O)COCCOc1ccccc1)c1ccc2c(c1)OCCO2. The number of nitrogens with one attached hydrogen (secondary N) is 1. The molecule has 1 amide bonds. The van der Waals surface area contributed by atoms with Gasteiger partial charge in [-0.1, -0.05) is 24.3 Å². The van der Waals surface area contributed by atoms with Gasteiger partial charge in [0.1, 0.15) is 32.2 Å². The van der Waals surface area contributed by atoms with Crippen LogP contribution in [0.3, 0.4) is 0 Å². The van der Waals surface area contributed by atoms with E-state index in [0.717, 1.165) is 17.1 Å². The largest absolute Gasteiger partial charge is 0.491 e. The van der Waals surface area contributed by atoms with Crippen LogP contribution in [-0.2, 0) is 9.53 Å². The van der Waals surface area contributed by atoms with Crippen LogP contribution >= 0.6 is 0 Å². The van der Waals surface area contributed by atoms with Gasteiger partial charge in [0.05, 0.1) is 12.6 Å². The fourth-order valence-corrected chi connectivity index (χ4v) is 2.60. The lowest BCUT2D eigenvalue weighted by atomic mass is 10.1. The lowest BCUT2D eigenvalue weighted by molar-refractivity contribution is -0.126. The normalized spacial score (nSPS) is 13.7. The van der Waals surface area contributed by atoms with Gasteiger partial charge in [0.15, 0.2) is 11.5 Å². The Morgan fingerprint density at radius 1 is 1.08 bits per heavy atom. The predicted molar refractivity (Wildman–Crippen MR) is 96.7 cm³/mol. The molecule has 1 aliphatic heterocycles. The average molecular weight is 357 g/mol. The van der Waals surface area contributed by atoms with Crippen molar-refractivity contribution in [3.8, 4) is 17.2 Å². The van der Waals surface area contributed by atoms with Gasteiger partial charge in [-0.15, -0.1) is 0 Å². The van der Waals surface area contributed by atoms with Crippen LogP contribution in [0.25, 0.3) is 0 Å². The van der Waals surface area contributed by atoms with E-state index < -0.39 is 0 Å². The molecule has 1 unspecified atom stereocenters. The lowest BCUT2D eigenvalue weighted by Crippen LogP contribution is -2.30. The van der Waals surface area contributed by atoms with Crippen LogP contribution in [0.1, 0.15) is 18.5 Å². The molecule has 0 bridgehead atoms. The van der Waals surface area contributed by atoms with Crippen molar-refractivity contribution in [1.82, 2.24) is 5.32 Å². The van der Waals surface area contributed by atoms with Crippen molar-refractivity contribution in [2.75, 3.05) is 33.0 Å². The summed E-state index contributed by atoms with van der Waals surface area (Å²) in [6, 6.07) is 15.0. The quantitative estimate of drug-likeness (QED) is 0.736. The molecule has 0 aliphatic carbocycles. The smallest absolute Gasteiger partial charge is 0.246 e. The summed E-state index contributed by atoms with van der Waals surface area (Å²) in [5, 5.41) is 2.91. The standard InChI is InChI=1S/C20H23NO5/c1-15(16-7-8-18-19(13-16)26-12-11-25-18)21-20(22)14-23-9-10-24-17-5-3-2-4-6-17/h2-8,13,15H,9-12,14H2,1H3,(H,21,22). The second-order valence-corrected chi connectivity index (χ2v) is 5.91. The van der Waals surface area contributed by atoms with E-state index in [2.05, 4.69) is 5.32 Å². The minimum atomic E-state index is -0.174. The van der Waals surface area contributed by atoms with Gasteiger partial charge >= 0.3 is 0 Å². The molecule has 0 saturated carbocycles. The second kappa shape index (κ2) is 9.10. The first-order chi connectivity index (χ1) is 12.7. The van der Waals surface area contributed by atoms with Gasteiger partial charge in [-0.2, -0.15) is 0 Å². The number of hydrogen-bond acceptors (Lipinski definition) is 5. The summed E-state index contributed by atoms with van der Waals surface area (Å²) in [7, 11) is 0. The van der Waals surface area contributed by atoms with Crippen LogP contribution in [0.15, 0.2) is 48.5 Å². The van der Waals surface area contributed by atoms with E-state index in [9.17, 15) is 4.79 Å². The molecule has 0 radical (unpaired) electrons. The first-order valence-corrected chi connectivity index (χ1v) is 8.67. The van der Waals surface area contributed by atoms with Crippen LogP contribution in [-0.4, -0.2) is 38.9 Å². The van der Waals surface area contributed by atoms with Crippen molar-refractivity contribution in [2.45, 2.75) is 13.0 Å². The molecule has 138 valence electrons. The molecule has 0 aromatic heterocycles. The van der Waals surface area contributed by atoms with Gasteiger partial charge in [-0.3, -0.25) is 4.79 Å². The molecule has 1 N–H and O–H groups in total. The minimum Gasteiger partial charge on any atom is -0.491 e. The summed E-state index contributed by atoms with van der Waals surface area (Å²) in [5.74, 6) is 2.06. The van der Waals surface area contributed by atoms with Crippen molar-refractivity contribution in [2.24, 2.45) is 0 Å². The highest BCUT2D eigenvalue weighted by molar-refractivity contribution is 5.77. The summed E-state index contributed by atoms with van der Waals surface area (Å²) in [4.78, 5) is 12.0. The number of rotatable bonds is 8. The van der Waals surface area contributed by atoms with E-state index >= 15 is 0 Å². The lowest BCUT2D eigenvalue weighted by Gasteiger charge is -2.21. The molecule has 1 heterocycles. The maximum absolute atomic E-state index is 12.0. The Balaban J connectivity index is 1.37. The highest BCUT2D eigenvalue weighted by Gasteiger charge is 2.15. The maximum Gasteiger partial charge on any atom is 0.246 e. The number of carbonyl (C=O) groups is 1. The van der Waals surface area contributed by atoms with Gasteiger partial charge in [0, 0.05) is 0 Å². The highest BCUT2D eigenvalue weighted by atomic mass is 16.6. The molecule has 6 heteroatoms. The zero-order valence-corrected chi connectivity index (χ0v) is 14.8. The van der Waals surface area contributed by atoms with Crippen LogP contribution in [0, 0.1) is 0 Å². The molecule has 2 aromatic rings.